The molecule has 1 aromatic rings. The number of carbonyl (C=O) groups is 1. The van der Waals surface area contributed by atoms with Crippen LogP contribution in [0.3, 0.4) is 0 Å². The van der Waals surface area contributed by atoms with Crippen molar-refractivity contribution in [2.24, 2.45) is 5.73 Å². The molecular weight excluding hydrogens is 295 g/mol. The molecule has 0 bridgehead atoms. The van der Waals surface area contributed by atoms with Gasteiger partial charge in [0.1, 0.15) is 5.82 Å². The first kappa shape index (κ1) is 10.2. The van der Waals surface area contributed by atoms with Crippen LogP contribution in [-0.4, -0.2) is 6.09 Å². The van der Waals surface area contributed by atoms with E-state index in [0.29, 0.717) is 0 Å². The molecule has 1 amide bonds. The molecule has 6 heteroatoms. The minimum Gasteiger partial charge on any atom is -0.406 e. The lowest BCUT2D eigenvalue weighted by Crippen LogP contribution is -2.18. The van der Waals surface area contributed by atoms with Crippen LogP contribution < -0.4 is 10.5 Å². The van der Waals surface area contributed by atoms with Crippen molar-refractivity contribution in [3.05, 3.63) is 27.3 Å². The van der Waals surface area contributed by atoms with Gasteiger partial charge in [0.25, 0.3) is 0 Å². The molecule has 13 heavy (non-hydrogen) atoms. The lowest BCUT2D eigenvalue weighted by Gasteiger charge is -2.04. The van der Waals surface area contributed by atoms with E-state index in [1.54, 1.807) is 0 Å². The maximum absolute atomic E-state index is 12.9. The molecule has 0 unspecified atom stereocenters. The maximum atomic E-state index is 12.9. The Labute approximate surface area is 86.0 Å². The van der Waals surface area contributed by atoms with E-state index in [2.05, 4.69) is 10.5 Å². The molecule has 0 aliphatic heterocycles. The van der Waals surface area contributed by atoms with Crippen LogP contribution in [0.25, 0.3) is 0 Å². The number of carbonyl (C=O) groups excluding carboxylic acids is 1. The van der Waals surface area contributed by atoms with Crippen LogP contribution in [0.15, 0.2) is 12.1 Å². The second-order valence-corrected chi connectivity index (χ2v) is 3.17. The van der Waals surface area contributed by atoms with Crippen molar-refractivity contribution in [2.45, 2.75) is 0 Å². The summed E-state index contributed by atoms with van der Waals surface area (Å²) < 4.78 is 29.8. The number of ether oxygens (including phenoxy) is 1. The fourth-order valence-corrected chi connectivity index (χ4v) is 1.25. The molecule has 0 aromatic heterocycles. The van der Waals surface area contributed by atoms with Crippen molar-refractivity contribution in [1.29, 1.82) is 0 Å². The van der Waals surface area contributed by atoms with Crippen LogP contribution in [-0.2, 0) is 0 Å². The molecule has 3 nitrogen and oxygen atoms in total. The summed E-state index contributed by atoms with van der Waals surface area (Å²) in [4.78, 5) is 10.3. The highest BCUT2D eigenvalue weighted by Gasteiger charge is 2.14. The summed E-state index contributed by atoms with van der Waals surface area (Å²) >= 11 is 1.52. The van der Waals surface area contributed by atoms with Gasteiger partial charge in [-0.2, -0.15) is 0 Å². The number of amides is 1. The molecule has 0 heterocycles. The first-order chi connectivity index (χ1) is 6.02. The van der Waals surface area contributed by atoms with E-state index in [-0.39, 0.29) is 3.57 Å². The van der Waals surface area contributed by atoms with Crippen molar-refractivity contribution < 1.29 is 18.3 Å². The minimum atomic E-state index is -1.18. The summed E-state index contributed by atoms with van der Waals surface area (Å²) in [5, 5.41) is 0. The van der Waals surface area contributed by atoms with E-state index < -0.39 is 23.5 Å². The standard InChI is InChI=1S/C7H4F2INO2/c8-3-1-2-4(9)6(5(3)10)13-7(11)12/h1-2H,(H2,11,12). The van der Waals surface area contributed by atoms with Gasteiger partial charge < -0.3 is 10.5 Å². The van der Waals surface area contributed by atoms with Crippen molar-refractivity contribution in [2.75, 3.05) is 0 Å². The highest BCUT2D eigenvalue weighted by molar-refractivity contribution is 14.1. The molecule has 0 radical (unpaired) electrons. The van der Waals surface area contributed by atoms with E-state index in [0.717, 1.165) is 12.1 Å². The zero-order valence-electron chi connectivity index (χ0n) is 6.18. The molecule has 1 aromatic carbocycles. The molecule has 0 atom stereocenters. The van der Waals surface area contributed by atoms with Gasteiger partial charge >= 0.3 is 6.09 Å². The second kappa shape index (κ2) is 3.86. The Kier molecular flexibility index (Phi) is 3.02. The minimum absolute atomic E-state index is 0.114. The van der Waals surface area contributed by atoms with E-state index >= 15 is 0 Å². The van der Waals surface area contributed by atoms with Gasteiger partial charge in [-0.3, -0.25) is 0 Å². The Morgan fingerprint density at radius 2 is 1.92 bits per heavy atom. The number of nitrogens with two attached hydrogens (primary N) is 1. The highest BCUT2D eigenvalue weighted by Crippen LogP contribution is 2.26. The Morgan fingerprint density at radius 1 is 1.38 bits per heavy atom. The number of primary amides is 1. The van der Waals surface area contributed by atoms with Gasteiger partial charge in [0.2, 0.25) is 0 Å². The predicted octanol–water partition coefficient (Wildman–Crippen LogP) is 2.03. The molecule has 0 fully saturated rings. The Balaban J connectivity index is 3.17. The zero-order valence-corrected chi connectivity index (χ0v) is 8.34. The summed E-state index contributed by atoms with van der Waals surface area (Å²) in [6.45, 7) is 0. The quantitative estimate of drug-likeness (QED) is 0.637. The summed E-state index contributed by atoms with van der Waals surface area (Å²) in [6, 6.07) is 1.79. The van der Waals surface area contributed by atoms with Crippen LogP contribution in [0, 0.1) is 15.2 Å². The summed E-state index contributed by atoms with van der Waals surface area (Å²) in [5.41, 5.74) is 4.66. The van der Waals surface area contributed by atoms with Gasteiger partial charge in [0.05, 0.1) is 3.57 Å². The van der Waals surface area contributed by atoms with Crippen LogP contribution in [0.1, 0.15) is 0 Å². The third kappa shape index (κ3) is 2.27. The van der Waals surface area contributed by atoms with Crippen molar-refractivity contribution >= 4 is 28.7 Å². The molecule has 1 rings (SSSR count). The fraction of sp³-hybridized carbons (Fsp3) is 0. The Hall–Kier alpha value is -0.920. The average Bonchev–Trinajstić information content (AvgIpc) is 2.05. The van der Waals surface area contributed by atoms with Crippen molar-refractivity contribution in [3.63, 3.8) is 0 Å². The topological polar surface area (TPSA) is 52.3 Å². The molecule has 0 saturated carbocycles. The first-order valence-electron chi connectivity index (χ1n) is 3.13. The smallest absolute Gasteiger partial charge is 0.406 e. The van der Waals surface area contributed by atoms with Crippen molar-refractivity contribution in [3.8, 4) is 5.75 Å². The number of benzene rings is 1. The number of hydrogen-bond donors (Lipinski definition) is 1. The van der Waals surface area contributed by atoms with Crippen LogP contribution in [0.4, 0.5) is 13.6 Å². The highest BCUT2D eigenvalue weighted by atomic mass is 127. The van der Waals surface area contributed by atoms with Gasteiger partial charge in [0.15, 0.2) is 11.6 Å². The SMILES string of the molecule is NC(=O)Oc1c(F)ccc(F)c1I. The largest absolute Gasteiger partial charge is 0.410 e. The van der Waals surface area contributed by atoms with Crippen LogP contribution in [0.5, 0.6) is 5.75 Å². The van der Waals surface area contributed by atoms with Gasteiger partial charge in [-0.1, -0.05) is 0 Å². The molecule has 70 valence electrons. The molecule has 0 aliphatic rings. The molecule has 0 aliphatic carbocycles. The average molecular weight is 299 g/mol. The van der Waals surface area contributed by atoms with Crippen LogP contribution >= 0.6 is 22.6 Å². The predicted molar refractivity (Wildman–Crippen MR) is 49.3 cm³/mol. The monoisotopic (exact) mass is 299 g/mol. The molecular formula is C7H4F2INO2. The Morgan fingerprint density at radius 3 is 2.46 bits per heavy atom. The maximum Gasteiger partial charge on any atom is 0.410 e. The lowest BCUT2D eigenvalue weighted by atomic mass is 10.3. The number of rotatable bonds is 1. The molecule has 2 N–H and O–H groups in total. The van der Waals surface area contributed by atoms with Crippen molar-refractivity contribution in [1.82, 2.24) is 0 Å². The van der Waals surface area contributed by atoms with Gasteiger partial charge in [-0.25, -0.2) is 13.6 Å². The molecule has 0 spiro atoms. The fourth-order valence-electron chi connectivity index (χ4n) is 0.703. The third-order valence-electron chi connectivity index (χ3n) is 1.20. The Bertz CT molecular complexity index is 357. The van der Waals surface area contributed by atoms with E-state index in [9.17, 15) is 13.6 Å². The van der Waals surface area contributed by atoms with E-state index in [1.807, 2.05) is 0 Å². The summed E-state index contributed by atoms with van der Waals surface area (Å²) in [7, 11) is 0. The number of halogens is 3. The summed E-state index contributed by atoms with van der Waals surface area (Å²) in [6.07, 6.45) is -1.18. The summed E-state index contributed by atoms with van der Waals surface area (Å²) in [5.74, 6) is -1.98. The lowest BCUT2D eigenvalue weighted by molar-refractivity contribution is 0.208. The van der Waals surface area contributed by atoms with E-state index in [4.69, 9.17) is 0 Å². The third-order valence-corrected chi connectivity index (χ3v) is 2.21. The first-order valence-corrected chi connectivity index (χ1v) is 4.21. The van der Waals surface area contributed by atoms with Gasteiger partial charge in [-0.05, 0) is 34.7 Å². The van der Waals surface area contributed by atoms with Gasteiger partial charge in [0, 0.05) is 0 Å². The number of hydrogen-bond acceptors (Lipinski definition) is 2. The zero-order chi connectivity index (χ0) is 10.0. The van der Waals surface area contributed by atoms with Gasteiger partial charge in [-0.15, -0.1) is 0 Å². The van der Waals surface area contributed by atoms with E-state index in [1.165, 1.54) is 22.6 Å². The molecule has 0 saturated heterocycles. The normalized spacial score (nSPS) is 9.77. The second-order valence-electron chi connectivity index (χ2n) is 2.09. The van der Waals surface area contributed by atoms with Crippen LogP contribution in [0.2, 0.25) is 0 Å².